The van der Waals surface area contributed by atoms with Gasteiger partial charge in [-0.1, -0.05) is 18.2 Å². The minimum absolute atomic E-state index is 0.172. The van der Waals surface area contributed by atoms with Gasteiger partial charge in [-0.05, 0) is 43.2 Å². The minimum Gasteiger partial charge on any atom is -0.382 e. The molecular formula is C18H21F3N4O. The number of hydrogen-bond acceptors (Lipinski definition) is 3. The molecule has 0 saturated carbocycles. The Labute approximate surface area is 149 Å². The number of benzene rings is 1. The van der Waals surface area contributed by atoms with Crippen molar-refractivity contribution in [3.8, 4) is 0 Å². The number of halogens is 3. The van der Waals surface area contributed by atoms with Crippen molar-refractivity contribution in [3.63, 3.8) is 0 Å². The smallest absolute Gasteiger partial charge is 0.382 e. The number of carbonyl (C=O) groups excluding carboxylic acids is 1. The van der Waals surface area contributed by atoms with Crippen molar-refractivity contribution >= 4 is 11.7 Å². The van der Waals surface area contributed by atoms with Crippen LogP contribution in [0, 0.1) is 5.92 Å². The number of rotatable bonds is 4. The van der Waals surface area contributed by atoms with Crippen molar-refractivity contribution < 1.29 is 18.0 Å². The second kappa shape index (κ2) is 7.39. The van der Waals surface area contributed by atoms with E-state index in [1.807, 2.05) is 0 Å². The highest BCUT2D eigenvalue weighted by molar-refractivity contribution is 5.93. The Kier molecular flexibility index (Phi) is 5.20. The first-order chi connectivity index (χ1) is 12.3. The van der Waals surface area contributed by atoms with Crippen molar-refractivity contribution in [1.82, 2.24) is 15.1 Å². The molecule has 140 valence electrons. The molecule has 1 fully saturated rings. The Bertz CT molecular complexity index is 772. The fourth-order valence-electron chi connectivity index (χ4n) is 3.48. The molecule has 2 aromatic rings. The molecule has 1 aliphatic heterocycles. The predicted molar refractivity (Wildman–Crippen MR) is 91.4 cm³/mol. The first-order valence-electron chi connectivity index (χ1n) is 8.60. The van der Waals surface area contributed by atoms with Gasteiger partial charge in [-0.15, -0.1) is 0 Å². The van der Waals surface area contributed by atoms with E-state index in [-0.39, 0.29) is 17.6 Å². The van der Waals surface area contributed by atoms with Crippen LogP contribution < -0.4 is 5.73 Å². The second-order valence-corrected chi connectivity index (χ2v) is 6.66. The summed E-state index contributed by atoms with van der Waals surface area (Å²) in [5, 5.41) is 6.37. The number of carbonyl (C=O) groups is 1. The number of aromatic nitrogens is 2. The van der Waals surface area contributed by atoms with Gasteiger partial charge in [0.15, 0.2) is 0 Å². The SMILES string of the molecule is Nc1cc(C(=O)N2CCCC(CCc3ccccc3C(F)(F)F)C2)[nH]n1. The number of nitrogens with zero attached hydrogens (tertiary/aromatic N) is 2. The molecule has 3 N–H and O–H groups in total. The van der Waals surface area contributed by atoms with E-state index in [9.17, 15) is 18.0 Å². The molecule has 3 rings (SSSR count). The third kappa shape index (κ3) is 4.17. The maximum Gasteiger partial charge on any atom is 0.416 e. The van der Waals surface area contributed by atoms with Crippen molar-refractivity contribution in [2.45, 2.75) is 31.9 Å². The number of amides is 1. The number of aryl methyl sites for hydroxylation is 1. The van der Waals surface area contributed by atoms with Gasteiger partial charge in [0.05, 0.1) is 5.56 Å². The molecule has 1 amide bonds. The number of nitrogen functional groups attached to an aromatic ring is 1. The van der Waals surface area contributed by atoms with Crippen LogP contribution in [-0.2, 0) is 12.6 Å². The van der Waals surface area contributed by atoms with Gasteiger partial charge in [0.25, 0.3) is 5.91 Å². The highest BCUT2D eigenvalue weighted by atomic mass is 19.4. The lowest BCUT2D eigenvalue weighted by atomic mass is 9.90. The van der Waals surface area contributed by atoms with E-state index in [1.54, 1.807) is 11.0 Å². The second-order valence-electron chi connectivity index (χ2n) is 6.66. The average molecular weight is 366 g/mol. The highest BCUT2D eigenvalue weighted by Crippen LogP contribution is 2.33. The summed E-state index contributed by atoms with van der Waals surface area (Å²) in [7, 11) is 0. The van der Waals surface area contributed by atoms with Crippen molar-refractivity contribution in [1.29, 1.82) is 0 Å². The standard InChI is InChI=1S/C18H21F3N4O/c19-18(20,21)14-6-2-1-5-13(14)8-7-12-4-3-9-25(11-12)17(26)15-10-16(22)24-23-15/h1-2,5-6,10,12H,3-4,7-9,11H2,(H3,22,23,24). The molecule has 1 aromatic carbocycles. The lowest BCUT2D eigenvalue weighted by Crippen LogP contribution is -2.40. The maximum absolute atomic E-state index is 13.1. The van der Waals surface area contributed by atoms with Crippen LogP contribution in [0.15, 0.2) is 30.3 Å². The average Bonchev–Trinajstić information content (AvgIpc) is 3.05. The molecule has 26 heavy (non-hydrogen) atoms. The monoisotopic (exact) mass is 366 g/mol. The Balaban J connectivity index is 1.62. The fourth-order valence-corrected chi connectivity index (χ4v) is 3.48. The predicted octanol–water partition coefficient (Wildman–Crippen LogP) is 3.50. The highest BCUT2D eigenvalue weighted by Gasteiger charge is 2.33. The van der Waals surface area contributed by atoms with E-state index >= 15 is 0 Å². The first-order valence-corrected chi connectivity index (χ1v) is 8.60. The number of nitrogens with two attached hydrogens (primary N) is 1. The molecule has 2 heterocycles. The van der Waals surface area contributed by atoms with Crippen LogP contribution in [0.5, 0.6) is 0 Å². The molecule has 1 unspecified atom stereocenters. The Morgan fingerprint density at radius 1 is 1.35 bits per heavy atom. The van der Waals surface area contributed by atoms with E-state index < -0.39 is 11.7 Å². The number of alkyl halides is 3. The summed E-state index contributed by atoms with van der Waals surface area (Å²) in [4.78, 5) is 14.2. The normalized spacial score (nSPS) is 18.1. The van der Waals surface area contributed by atoms with Crippen molar-refractivity contribution in [2.75, 3.05) is 18.8 Å². The summed E-state index contributed by atoms with van der Waals surface area (Å²) < 4.78 is 39.3. The van der Waals surface area contributed by atoms with Crippen LogP contribution in [0.25, 0.3) is 0 Å². The zero-order valence-electron chi connectivity index (χ0n) is 14.2. The molecule has 0 spiro atoms. The van der Waals surface area contributed by atoms with Crippen molar-refractivity contribution in [3.05, 3.63) is 47.2 Å². The molecule has 1 aliphatic rings. The summed E-state index contributed by atoms with van der Waals surface area (Å²) in [5.41, 5.74) is 5.61. The summed E-state index contributed by atoms with van der Waals surface area (Å²) >= 11 is 0. The van der Waals surface area contributed by atoms with Gasteiger partial charge >= 0.3 is 6.18 Å². The van der Waals surface area contributed by atoms with Gasteiger partial charge in [0, 0.05) is 19.2 Å². The van der Waals surface area contributed by atoms with Crippen molar-refractivity contribution in [2.24, 2.45) is 5.92 Å². The number of likely N-dealkylation sites (tertiary alicyclic amines) is 1. The molecular weight excluding hydrogens is 345 g/mol. The topological polar surface area (TPSA) is 75.0 Å². The molecule has 0 aliphatic carbocycles. The molecule has 0 bridgehead atoms. The Morgan fingerprint density at radius 3 is 2.81 bits per heavy atom. The summed E-state index contributed by atoms with van der Waals surface area (Å²) in [6.45, 7) is 1.17. The number of nitrogens with one attached hydrogen (secondary N) is 1. The number of aromatic amines is 1. The summed E-state index contributed by atoms with van der Waals surface area (Å²) in [6.07, 6.45) is -1.64. The quantitative estimate of drug-likeness (QED) is 0.870. The van der Waals surface area contributed by atoms with E-state index in [1.165, 1.54) is 18.2 Å². The van der Waals surface area contributed by atoms with Gasteiger partial charge < -0.3 is 10.6 Å². The lowest BCUT2D eigenvalue weighted by molar-refractivity contribution is -0.138. The number of H-pyrrole nitrogens is 1. The van der Waals surface area contributed by atoms with Gasteiger partial charge in [-0.3, -0.25) is 9.89 Å². The molecule has 1 aromatic heterocycles. The van der Waals surface area contributed by atoms with Gasteiger partial charge in [-0.2, -0.15) is 18.3 Å². The third-order valence-corrected chi connectivity index (χ3v) is 4.78. The maximum atomic E-state index is 13.1. The zero-order chi connectivity index (χ0) is 18.7. The number of hydrogen-bond donors (Lipinski definition) is 2. The van der Waals surface area contributed by atoms with Crippen LogP contribution in [0.4, 0.5) is 19.0 Å². The first kappa shape index (κ1) is 18.3. The summed E-state index contributed by atoms with van der Waals surface area (Å²) in [5.74, 6) is 0.259. The molecule has 8 heteroatoms. The van der Waals surface area contributed by atoms with Gasteiger partial charge in [-0.25, -0.2) is 0 Å². The molecule has 0 radical (unpaired) electrons. The minimum atomic E-state index is -4.34. The number of piperidine rings is 1. The Hall–Kier alpha value is -2.51. The van der Waals surface area contributed by atoms with Gasteiger partial charge in [0.1, 0.15) is 11.5 Å². The van der Waals surface area contributed by atoms with Crippen LogP contribution in [-0.4, -0.2) is 34.1 Å². The van der Waals surface area contributed by atoms with Crippen LogP contribution in [0.2, 0.25) is 0 Å². The van der Waals surface area contributed by atoms with Crippen LogP contribution in [0.1, 0.15) is 40.9 Å². The summed E-state index contributed by atoms with van der Waals surface area (Å²) in [6, 6.07) is 7.18. The molecule has 1 atom stereocenters. The zero-order valence-corrected chi connectivity index (χ0v) is 14.2. The largest absolute Gasteiger partial charge is 0.416 e. The number of anilines is 1. The van der Waals surface area contributed by atoms with Crippen LogP contribution >= 0.6 is 0 Å². The molecule has 5 nitrogen and oxygen atoms in total. The third-order valence-electron chi connectivity index (χ3n) is 4.78. The van der Waals surface area contributed by atoms with E-state index in [0.29, 0.717) is 37.2 Å². The van der Waals surface area contributed by atoms with E-state index in [0.717, 1.165) is 18.9 Å². The lowest BCUT2D eigenvalue weighted by Gasteiger charge is -2.32. The van der Waals surface area contributed by atoms with E-state index in [2.05, 4.69) is 10.2 Å². The molecule has 1 saturated heterocycles. The Morgan fingerprint density at radius 2 is 2.12 bits per heavy atom. The van der Waals surface area contributed by atoms with E-state index in [4.69, 9.17) is 5.73 Å². The van der Waals surface area contributed by atoms with Gasteiger partial charge in [0.2, 0.25) is 0 Å². The fraction of sp³-hybridized carbons (Fsp3) is 0.444. The van der Waals surface area contributed by atoms with Crippen LogP contribution in [0.3, 0.4) is 0 Å².